The molecular weight excluding hydrogens is 320 g/mol. The van der Waals surface area contributed by atoms with Gasteiger partial charge in [-0.05, 0) is 25.0 Å². The van der Waals surface area contributed by atoms with Crippen molar-refractivity contribution >= 4 is 33.1 Å². The van der Waals surface area contributed by atoms with Crippen molar-refractivity contribution in [2.75, 3.05) is 20.2 Å². The van der Waals surface area contributed by atoms with Gasteiger partial charge >= 0.3 is 0 Å². The van der Waals surface area contributed by atoms with Crippen LogP contribution >= 0.6 is 22.9 Å². The van der Waals surface area contributed by atoms with Gasteiger partial charge in [0.1, 0.15) is 0 Å². The Morgan fingerprint density at radius 3 is 2.85 bits per heavy atom. The lowest BCUT2D eigenvalue weighted by Crippen LogP contribution is -2.50. The molecule has 1 aromatic heterocycles. The average Bonchev–Trinajstić information content (AvgIpc) is 2.84. The van der Waals surface area contributed by atoms with Crippen molar-refractivity contribution in [1.82, 2.24) is 8.61 Å². The molecule has 0 bridgehead atoms. The zero-order valence-corrected chi connectivity index (χ0v) is 13.7. The highest BCUT2D eigenvalue weighted by Crippen LogP contribution is 2.26. The fourth-order valence-corrected chi connectivity index (χ4v) is 5.17. The summed E-state index contributed by atoms with van der Waals surface area (Å²) in [5.41, 5.74) is 0. The summed E-state index contributed by atoms with van der Waals surface area (Å²) in [6.45, 7) is 0.648. The van der Waals surface area contributed by atoms with Gasteiger partial charge in [0.15, 0.2) is 0 Å². The molecule has 1 aromatic rings. The van der Waals surface area contributed by atoms with E-state index < -0.39 is 10.2 Å². The number of aliphatic hydroxyl groups excluding tert-OH is 1. The molecular formula is C12H19ClN2O3S2. The van der Waals surface area contributed by atoms with E-state index in [2.05, 4.69) is 0 Å². The van der Waals surface area contributed by atoms with Gasteiger partial charge in [0.25, 0.3) is 10.2 Å². The van der Waals surface area contributed by atoms with E-state index in [1.165, 1.54) is 19.9 Å². The van der Waals surface area contributed by atoms with Gasteiger partial charge in [-0.3, -0.25) is 0 Å². The third-order valence-electron chi connectivity index (χ3n) is 3.48. The number of aliphatic hydroxyl groups is 1. The highest BCUT2D eigenvalue weighted by molar-refractivity contribution is 7.86. The molecule has 20 heavy (non-hydrogen) atoms. The summed E-state index contributed by atoms with van der Waals surface area (Å²) in [6, 6.07) is 3.29. The summed E-state index contributed by atoms with van der Waals surface area (Å²) in [5, 5.41) is 9.36. The quantitative estimate of drug-likeness (QED) is 0.892. The van der Waals surface area contributed by atoms with Crippen molar-refractivity contribution in [3.63, 3.8) is 0 Å². The van der Waals surface area contributed by atoms with Gasteiger partial charge in [-0.15, -0.1) is 11.3 Å². The van der Waals surface area contributed by atoms with Crippen molar-refractivity contribution in [2.45, 2.75) is 31.8 Å². The lowest BCUT2D eigenvalue weighted by molar-refractivity contribution is 0.149. The molecule has 1 saturated heterocycles. The van der Waals surface area contributed by atoms with Gasteiger partial charge in [-0.25, -0.2) is 0 Å². The summed E-state index contributed by atoms with van der Waals surface area (Å²) >= 11 is 7.24. The first kappa shape index (κ1) is 16.2. The molecule has 1 fully saturated rings. The van der Waals surface area contributed by atoms with E-state index in [1.54, 1.807) is 13.1 Å². The topological polar surface area (TPSA) is 60.9 Å². The molecule has 114 valence electrons. The number of hydrogen-bond acceptors (Lipinski definition) is 4. The SMILES string of the molecule is CN(Cc1ccc(Cl)s1)S(=O)(=O)N1CCCCC1CO. The van der Waals surface area contributed by atoms with Crippen molar-refractivity contribution in [1.29, 1.82) is 0 Å². The van der Waals surface area contributed by atoms with E-state index in [9.17, 15) is 13.5 Å². The van der Waals surface area contributed by atoms with Crippen molar-refractivity contribution in [3.05, 3.63) is 21.3 Å². The smallest absolute Gasteiger partial charge is 0.282 e. The van der Waals surface area contributed by atoms with Gasteiger partial charge in [-0.2, -0.15) is 17.0 Å². The van der Waals surface area contributed by atoms with Crippen LogP contribution in [0.4, 0.5) is 0 Å². The summed E-state index contributed by atoms with van der Waals surface area (Å²) in [7, 11) is -1.98. The van der Waals surface area contributed by atoms with Crippen LogP contribution in [0.15, 0.2) is 12.1 Å². The fraction of sp³-hybridized carbons (Fsp3) is 0.667. The summed E-state index contributed by atoms with van der Waals surface area (Å²) < 4.78 is 28.6. The number of halogens is 1. The second-order valence-corrected chi connectivity index (χ2v) is 8.70. The first-order valence-electron chi connectivity index (χ1n) is 6.53. The minimum absolute atomic E-state index is 0.127. The normalized spacial score (nSPS) is 21.5. The van der Waals surface area contributed by atoms with Crippen LogP contribution < -0.4 is 0 Å². The third kappa shape index (κ3) is 3.52. The van der Waals surface area contributed by atoms with Crippen LogP contribution in [0.2, 0.25) is 4.34 Å². The van der Waals surface area contributed by atoms with Crippen LogP contribution in [-0.4, -0.2) is 48.4 Å². The van der Waals surface area contributed by atoms with Crippen molar-refractivity contribution in [2.24, 2.45) is 0 Å². The van der Waals surface area contributed by atoms with E-state index >= 15 is 0 Å². The molecule has 2 rings (SSSR count). The standard InChI is InChI=1S/C12H19ClN2O3S2/c1-14(8-11-5-6-12(13)19-11)20(17,18)15-7-3-2-4-10(15)9-16/h5-6,10,16H,2-4,7-9H2,1H3. The minimum atomic E-state index is -3.54. The molecule has 5 nitrogen and oxygen atoms in total. The largest absolute Gasteiger partial charge is 0.395 e. The van der Waals surface area contributed by atoms with Gasteiger partial charge in [0.2, 0.25) is 0 Å². The second kappa shape index (κ2) is 6.72. The zero-order valence-electron chi connectivity index (χ0n) is 11.3. The predicted octanol–water partition coefficient (Wildman–Crippen LogP) is 1.92. The van der Waals surface area contributed by atoms with Gasteiger partial charge < -0.3 is 5.11 Å². The summed E-state index contributed by atoms with van der Waals surface area (Å²) in [5.74, 6) is 0. The molecule has 1 unspecified atom stereocenters. The molecule has 0 aliphatic carbocycles. The average molecular weight is 339 g/mol. The van der Waals surface area contributed by atoms with E-state index in [-0.39, 0.29) is 12.6 Å². The van der Waals surface area contributed by atoms with E-state index in [1.807, 2.05) is 6.07 Å². The van der Waals surface area contributed by atoms with Gasteiger partial charge in [-0.1, -0.05) is 18.0 Å². The van der Waals surface area contributed by atoms with Crippen LogP contribution in [0.25, 0.3) is 0 Å². The Labute approximate surface area is 128 Å². The molecule has 2 heterocycles. The van der Waals surface area contributed by atoms with E-state index in [0.717, 1.165) is 17.7 Å². The van der Waals surface area contributed by atoms with Crippen LogP contribution in [-0.2, 0) is 16.8 Å². The van der Waals surface area contributed by atoms with Crippen molar-refractivity contribution < 1.29 is 13.5 Å². The molecule has 1 atom stereocenters. The molecule has 0 amide bonds. The van der Waals surface area contributed by atoms with Gasteiger partial charge in [0, 0.05) is 31.1 Å². The molecule has 0 radical (unpaired) electrons. The summed E-state index contributed by atoms with van der Waals surface area (Å²) in [4.78, 5) is 0.902. The first-order chi connectivity index (χ1) is 9.45. The third-order valence-corrected chi connectivity index (χ3v) is 6.69. The maximum absolute atomic E-state index is 12.6. The number of piperidine rings is 1. The highest BCUT2D eigenvalue weighted by Gasteiger charge is 2.34. The Kier molecular flexibility index (Phi) is 5.44. The second-order valence-electron chi connectivity index (χ2n) is 4.91. The molecule has 0 saturated carbocycles. The lowest BCUT2D eigenvalue weighted by Gasteiger charge is -2.35. The number of nitrogens with zero attached hydrogens (tertiary/aromatic N) is 2. The Balaban J connectivity index is 2.11. The Morgan fingerprint density at radius 1 is 1.50 bits per heavy atom. The minimum Gasteiger partial charge on any atom is -0.395 e. The highest BCUT2D eigenvalue weighted by atomic mass is 35.5. The van der Waals surface area contributed by atoms with E-state index in [4.69, 9.17) is 11.6 Å². The number of hydrogen-bond donors (Lipinski definition) is 1. The van der Waals surface area contributed by atoms with Crippen LogP contribution in [0.3, 0.4) is 0 Å². The first-order valence-corrected chi connectivity index (χ1v) is 9.12. The summed E-state index contributed by atoms with van der Waals surface area (Å²) in [6.07, 6.45) is 2.52. The zero-order chi connectivity index (χ0) is 14.8. The van der Waals surface area contributed by atoms with Crippen molar-refractivity contribution in [3.8, 4) is 0 Å². The Bertz CT molecular complexity index is 547. The number of thiophene rings is 1. The Hall–Kier alpha value is -0.180. The fourth-order valence-electron chi connectivity index (χ4n) is 2.38. The van der Waals surface area contributed by atoms with E-state index in [0.29, 0.717) is 23.8 Å². The molecule has 0 spiro atoms. The molecule has 1 aliphatic heterocycles. The predicted molar refractivity (Wildman–Crippen MR) is 81.1 cm³/mol. The maximum Gasteiger partial charge on any atom is 0.282 e. The van der Waals surface area contributed by atoms with Crippen LogP contribution in [0.5, 0.6) is 0 Å². The lowest BCUT2D eigenvalue weighted by atomic mass is 10.1. The molecule has 0 aromatic carbocycles. The monoisotopic (exact) mass is 338 g/mol. The molecule has 1 aliphatic rings. The van der Waals surface area contributed by atoms with Crippen LogP contribution in [0.1, 0.15) is 24.1 Å². The Morgan fingerprint density at radius 2 is 2.25 bits per heavy atom. The number of rotatable bonds is 5. The maximum atomic E-state index is 12.6. The van der Waals surface area contributed by atoms with Crippen LogP contribution in [0, 0.1) is 0 Å². The van der Waals surface area contributed by atoms with Gasteiger partial charge in [0.05, 0.1) is 10.9 Å². The molecule has 8 heteroatoms. The molecule has 1 N–H and O–H groups in total.